The van der Waals surface area contributed by atoms with E-state index in [1.54, 1.807) is 7.11 Å². The van der Waals surface area contributed by atoms with Gasteiger partial charge in [0.2, 0.25) is 5.91 Å². The van der Waals surface area contributed by atoms with Gasteiger partial charge < -0.3 is 10.1 Å². The van der Waals surface area contributed by atoms with Crippen LogP contribution in [0, 0.1) is 30.6 Å². The van der Waals surface area contributed by atoms with Crippen LogP contribution in [0.1, 0.15) is 30.4 Å². The molecule has 1 aliphatic carbocycles. The van der Waals surface area contributed by atoms with Gasteiger partial charge >= 0.3 is 0 Å². The molecule has 1 saturated carbocycles. The molecule has 1 amide bonds. The van der Waals surface area contributed by atoms with Gasteiger partial charge in [-0.3, -0.25) is 4.79 Å². The molecular formula is C15H18N2O2. The Balaban J connectivity index is 2.26. The summed E-state index contributed by atoms with van der Waals surface area (Å²) in [6.07, 6.45) is 2.22. The third-order valence-electron chi connectivity index (χ3n) is 3.92. The molecule has 0 radical (unpaired) electrons. The van der Waals surface area contributed by atoms with Crippen molar-refractivity contribution in [2.24, 2.45) is 5.41 Å². The zero-order valence-corrected chi connectivity index (χ0v) is 11.5. The summed E-state index contributed by atoms with van der Waals surface area (Å²) >= 11 is 0. The maximum absolute atomic E-state index is 12.2. The number of carbonyl (C=O) groups excluding carboxylic acids is 1. The first-order chi connectivity index (χ1) is 9.02. The number of amides is 1. The number of nitriles is 1. The van der Waals surface area contributed by atoms with E-state index in [-0.39, 0.29) is 5.91 Å². The summed E-state index contributed by atoms with van der Waals surface area (Å²) in [5.41, 5.74) is 1.98. The molecule has 0 saturated heterocycles. The standard InChI is InChI=1S/C15H18N2O2/c1-10-7-12(13(19-3)8-11(10)2)17-14(18)15(9-16)5-4-6-15/h7-8H,4-6H2,1-3H3,(H,17,18). The van der Waals surface area contributed by atoms with Crippen molar-refractivity contribution < 1.29 is 9.53 Å². The Bertz CT molecular complexity index is 554. The Kier molecular flexibility index (Phi) is 3.48. The Morgan fingerprint density at radius 2 is 2.00 bits per heavy atom. The van der Waals surface area contributed by atoms with Gasteiger partial charge in [-0.05, 0) is 56.4 Å². The molecule has 1 aromatic carbocycles. The first-order valence-electron chi connectivity index (χ1n) is 6.40. The van der Waals surface area contributed by atoms with Crippen molar-refractivity contribution in [3.63, 3.8) is 0 Å². The van der Waals surface area contributed by atoms with Crippen molar-refractivity contribution in [1.29, 1.82) is 5.26 Å². The van der Waals surface area contributed by atoms with E-state index >= 15 is 0 Å². The second-order valence-corrected chi connectivity index (χ2v) is 5.14. The fraction of sp³-hybridized carbons (Fsp3) is 0.467. The SMILES string of the molecule is COc1cc(C)c(C)cc1NC(=O)C1(C#N)CCC1. The van der Waals surface area contributed by atoms with Crippen LogP contribution in [0.2, 0.25) is 0 Å². The van der Waals surface area contributed by atoms with Crippen LogP contribution in [0.5, 0.6) is 5.75 Å². The molecule has 1 aromatic rings. The molecule has 0 heterocycles. The van der Waals surface area contributed by atoms with Crippen LogP contribution < -0.4 is 10.1 Å². The number of benzene rings is 1. The highest BCUT2D eigenvalue weighted by molar-refractivity contribution is 5.99. The zero-order chi connectivity index (χ0) is 14.0. The smallest absolute Gasteiger partial charge is 0.244 e. The van der Waals surface area contributed by atoms with E-state index in [2.05, 4.69) is 11.4 Å². The summed E-state index contributed by atoms with van der Waals surface area (Å²) in [7, 11) is 1.57. The molecule has 4 nitrogen and oxygen atoms in total. The molecular weight excluding hydrogens is 240 g/mol. The third kappa shape index (κ3) is 2.28. The molecule has 0 bridgehead atoms. The van der Waals surface area contributed by atoms with Crippen LogP contribution >= 0.6 is 0 Å². The van der Waals surface area contributed by atoms with Crippen molar-refractivity contribution in [2.75, 3.05) is 12.4 Å². The van der Waals surface area contributed by atoms with Gasteiger partial charge in [0.25, 0.3) is 0 Å². The minimum absolute atomic E-state index is 0.220. The number of hydrogen-bond donors (Lipinski definition) is 1. The van der Waals surface area contributed by atoms with Crippen LogP contribution in [0.3, 0.4) is 0 Å². The second kappa shape index (κ2) is 4.93. The second-order valence-electron chi connectivity index (χ2n) is 5.14. The van der Waals surface area contributed by atoms with Crippen molar-refractivity contribution in [3.05, 3.63) is 23.3 Å². The minimum Gasteiger partial charge on any atom is -0.495 e. The van der Waals surface area contributed by atoms with Crippen LogP contribution in [-0.2, 0) is 4.79 Å². The summed E-state index contributed by atoms with van der Waals surface area (Å²) in [5, 5.41) is 12.0. The lowest BCUT2D eigenvalue weighted by atomic mass is 9.69. The minimum atomic E-state index is -0.843. The highest BCUT2D eigenvalue weighted by Crippen LogP contribution is 2.42. The summed E-state index contributed by atoms with van der Waals surface area (Å²) in [6.45, 7) is 3.97. The predicted octanol–water partition coefficient (Wildman–Crippen LogP) is 2.94. The molecule has 1 fully saturated rings. The lowest BCUT2D eigenvalue weighted by Crippen LogP contribution is -2.40. The van der Waals surface area contributed by atoms with Gasteiger partial charge in [-0.1, -0.05) is 0 Å². The maximum Gasteiger partial charge on any atom is 0.244 e. The number of aryl methyl sites for hydroxylation is 2. The number of nitrogens with one attached hydrogen (secondary N) is 1. The van der Waals surface area contributed by atoms with E-state index < -0.39 is 5.41 Å². The van der Waals surface area contributed by atoms with E-state index in [0.29, 0.717) is 24.3 Å². The largest absolute Gasteiger partial charge is 0.495 e. The molecule has 1 N–H and O–H groups in total. The molecule has 0 aromatic heterocycles. The first-order valence-corrected chi connectivity index (χ1v) is 6.40. The quantitative estimate of drug-likeness (QED) is 0.906. The lowest BCUT2D eigenvalue weighted by molar-refractivity contribution is -0.126. The number of methoxy groups -OCH3 is 1. The van der Waals surface area contributed by atoms with Crippen LogP contribution in [0.25, 0.3) is 0 Å². The van der Waals surface area contributed by atoms with E-state index in [1.807, 2.05) is 26.0 Å². The average Bonchev–Trinajstić information content (AvgIpc) is 2.33. The average molecular weight is 258 g/mol. The first kappa shape index (κ1) is 13.4. The van der Waals surface area contributed by atoms with E-state index in [4.69, 9.17) is 10.00 Å². The van der Waals surface area contributed by atoms with Crippen molar-refractivity contribution in [2.45, 2.75) is 33.1 Å². The number of nitrogens with zero attached hydrogens (tertiary/aromatic N) is 1. The highest BCUT2D eigenvalue weighted by Gasteiger charge is 2.44. The molecule has 1 aliphatic rings. The molecule has 100 valence electrons. The highest BCUT2D eigenvalue weighted by atomic mass is 16.5. The number of rotatable bonds is 3. The van der Waals surface area contributed by atoms with Crippen molar-refractivity contribution in [1.82, 2.24) is 0 Å². The molecule has 4 heteroatoms. The molecule has 2 rings (SSSR count). The van der Waals surface area contributed by atoms with Gasteiger partial charge in [-0.25, -0.2) is 0 Å². The number of carbonyl (C=O) groups is 1. The van der Waals surface area contributed by atoms with Crippen LogP contribution in [0.4, 0.5) is 5.69 Å². The molecule has 0 spiro atoms. The summed E-state index contributed by atoms with van der Waals surface area (Å²) in [6, 6.07) is 5.92. The fourth-order valence-corrected chi connectivity index (χ4v) is 2.22. The monoisotopic (exact) mass is 258 g/mol. The summed E-state index contributed by atoms with van der Waals surface area (Å²) in [5.74, 6) is 0.409. The van der Waals surface area contributed by atoms with E-state index in [1.165, 1.54) is 0 Å². The Labute approximate surface area is 113 Å². The lowest BCUT2D eigenvalue weighted by Gasteiger charge is -2.33. The Morgan fingerprint density at radius 1 is 1.37 bits per heavy atom. The number of ether oxygens (including phenoxy) is 1. The van der Waals surface area contributed by atoms with Gasteiger partial charge in [0.1, 0.15) is 11.2 Å². The van der Waals surface area contributed by atoms with Crippen LogP contribution in [0.15, 0.2) is 12.1 Å². The third-order valence-corrected chi connectivity index (χ3v) is 3.92. The summed E-state index contributed by atoms with van der Waals surface area (Å²) in [4.78, 5) is 12.2. The normalized spacial score (nSPS) is 16.1. The molecule has 0 unspecified atom stereocenters. The number of hydrogen-bond acceptors (Lipinski definition) is 3. The maximum atomic E-state index is 12.2. The number of anilines is 1. The van der Waals surface area contributed by atoms with E-state index in [9.17, 15) is 4.79 Å². The predicted molar refractivity (Wildman–Crippen MR) is 73.0 cm³/mol. The van der Waals surface area contributed by atoms with Gasteiger partial charge in [0.05, 0.1) is 18.9 Å². The van der Waals surface area contributed by atoms with Crippen molar-refractivity contribution in [3.8, 4) is 11.8 Å². The Hall–Kier alpha value is -2.02. The topological polar surface area (TPSA) is 62.1 Å². The molecule has 0 atom stereocenters. The fourth-order valence-electron chi connectivity index (χ4n) is 2.22. The van der Waals surface area contributed by atoms with Crippen molar-refractivity contribution >= 4 is 11.6 Å². The van der Waals surface area contributed by atoms with Gasteiger partial charge in [-0.2, -0.15) is 5.26 Å². The van der Waals surface area contributed by atoms with Gasteiger partial charge in [-0.15, -0.1) is 0 Å². The molecule has 19 heavy (non-hydrogen) atoms. The van der Waals surface area contributed by atoms with Gasteiger partial charge in [0, 0.05) is 0 Å². The Morgan fingerprint density at radius 3 is 2.47 bits per heavy atom. The van der Waals surface area contributed by atoms with Crippen LogP contribution in [-0.4, -0.2) is 13.0 Å². The molecule has 0 aliphatic heterocycles. The van der Waals surface area contributed by atoms with Gasteiger partial charge in [0.15, 0.2) is 0 Å². The zero-order valence-electron chi connectivity index (χ0n) is 11.5. The van der Waals surface area contributed by atoms with E-state index in [0.717, 1.165) is 17.5 Å². The summed E-state index contributed by atoms with van der Waals surface area (Å²) < 4.78 is 5.28.